The summed E-state index contributed by atoms with van der Waals surface area (Å²) < 4.78 is 0. The topological polar surface area (TPSA) is 15.3 Å². The zero-order valence-corrected chi connectivity index (χ0v) is 12.0. The highest BCUT2D eigenvalue weighted by molar-refractivity contribution is 5.14. The lowest BCUT2D eigenvalue weighted by molar-refractivity contribution is 0.219. The molecule has 1 aliphatic heterocycles. The van der Waals surface area contributed by atoms with Crippen molar-refractivity contribution in [2.24, 2.45) is 5.92 Å². The molecule has 1 aromatic carbocycles. The molecular formula is C17H26N2. The van der Waals surface area contributed by atoms with Gasteiger partial charge in [0.2, 0.25) is 0 Å². The molecule has 1 aliphatic carbocycles. The Bertz CT molecular complexity index is 384. The van der Waals surface area contributed by atoms with Crippen LogP contribution in [0.2, 0.25) is 0 Å². The first-order chi connectivity index (χ1) is 9.29. The van der Waals surface area contributed by atoms with Crippen LogP contribution in [-0.2, 0) is 6.42 Å². The quantitative estimate of drug-likeness (QED) is 0.873. The molecule has 0 radical (unpaired) electrons. The SMILES string of the molecule is CC1CC(NC2CCN(CCc3ccccc3)C2)C1. The number of hydrogen-bond donors (Lipinski definition) is 1. The van der Waals surface area contributed by atoms with Crippen LogP contribution in [0.4, 0.5) is 0 Å². The van der Waals surface area contributed by atoms with E-state index in [0.717, 1.165) is 18.0 Å². The summed E-state index contributed by atoms with van der Waals surface area (Å²) in [5.74, 6) is 0.952. The summed E-state index contributed by atoms with van der Waals surface area (Å²) in [4.78, 5) is 2.62. The van der Waals surface area contributed by atoms with E-state index in [9.17, 15) is 0 Å². The van der Waals surface area contributed by atoms with E-state index in [0.29, 0.717) is 0 Å². The smallest absolute Gasteiger partial charge is 0.0209 e. The molecule has 19 heavy (non-hydrogen) atoms. The minimum Gasteiger partial charge on any atom is -0.310 e. The average molecular weight is 258 g/mol. The molecule has 0 bridgehead atoms. The van der Waals surface area contributed by atoms with Crippen LogP contribution in [0.3, 0.4) is 0 Å². The Morgan fingerprint density at radius 3 is 2.68 bits per heavy atom. The van der Waals surface area contributed by atoms with Crippen molar-refractivity contribution in [1.29, 1.82) is 0 Å². The van der Waals surface area contributed by atoms with Crippen molar-refractivity contribution in [3.63, 3.8) is 0 Å². The van der Waals surface area contributed by atoms with E-state index in [-0.39, 0.29) is 0 Å². The Morgan fingerprint density at radius 2 is 1.95 bits per heavy atom. The number of hydrogen-bond acceptors (Lipinski definition) is 2. The van der Waals surface area contributed by atoms with Crippen LogP contribution >= 0.6 is 0 Å². The van der Waals surface area contributed by atoms with E-state index in [2.05, 4.69) is 47.5 Å². The van der Waals surface area contributed by atoms with E-state index in [4.69, 9.17) is 0 Å². The Labute approximate surface area is 117 Å². The third kappa shape index (κ3) is 3.58. The first kappa shape index (κ1) is 13.1. The highest BCUT2D eigenvalue weighted by Crippen LogP contribution is 2.27. The van der Waals surface area contributed by atoms with Gasteiger partial charge in [0.15, 0.2) is 0 Å². The lowest BCUT2D eigenvalue weighted by atomic mass is 9.81. The molecule has 0 spiro atoms. The Balaban J connectivity index is 1.37. The molecule has 0 aromatic heterocycles. The van der Waals surface area contributed by atoms with Crippen molar-refractivity contribution >= 4 is 0 Å². The van der Waals surface area contributed by atoms with E-state index >= 15 is 0 Å². The number of nitrogens with zero attached hydrogens (tertiary/aromatic N) is 1. The summed E-state index contributed by atoms with van der Waals surface area (Å²) in [6.45, 7) is 6.09. The van der Waals surface area contributed by atoms with Crippen LogP contribution < -0.4 is 5.32 Å². The van der Waals surface area contributed by atoms with Crippen LogP contribution in [-0.4, -0.2) is 36.6 Å². The van der Waals surface area contributed by atoms with Crippen LogP contribution in [0, 0.1) is 5.92 Å². The lowest BCUT2D eigenvalue weighted by Crippen LogP contribution is -2.46. The van der Waals surface area contributed by atoms with Gasteiger partial charge in [-0.3, -0.25) is 0 Å². The predicted octanol–water partition coefficient (Wildman–Crippen LogP) is 2.69. The molecule has 2 fully saturated rings. The molecule has 0 amide bonds. The number of nitrogens with one attached hydrogen (secondary N) is 1. The van der Waals surface area contributed by atoms with Gasteiger partial charge in [-0.1, -0.05) is 37.3 Å². The van der Waals surface area contributed by atoms with Crippen molar-refractivity contribution in [1.82, 2.24) is 10.2 Å². The van der Waals surface area contributed by atoms with Gasteiger partial charge in [0.25, 0.3) is 0 Å². The highest BCUT2D eigenvalue weighted by Gasteiger charge is 2.30. The minimum atomic E-state index is 0.744. The van der Waals surface area contributed by atoms with Crippen molar-refractivity contribution in [2.45, 2.75) is 44.7 Å². The zero-order chi connectivity index (χ0) is 13.1. The fourth-order valence-corrected chi connectivity index (χ4v) is 3.48. The van der Waals surface area contributed by atoms with Gasteiger partial charge in [0.1, 0.15) is 0 Å². The molecule has 104 valence electrons. The van der Waals surface area contributed by atoms with Gasteiger partial charge >= 0.3 is 0 Å². The predicted molar refractivity (Wildman–Crippen MR) is 80.3 cm³/mol. The summed E-state index contributed by atoms with van der Waals surface area (Å²) in [5.41, 5.74) is 1.46. The molecule has 1 N–H and O–H groups in total. The Hall–Kier alpha value is -0.860. The second-order valence-corrected chi connectivity index (χ2v) is 6.46. The molecule has 1 saturated carbocycles. The largest absolute Gasteiger partial charge is 0.310 e. The normalized spacial score (nSPS) is 31.3. The Kier molecular flexibility index (Phi) is 4.19. The average Bonchev–Trinajstić information content (AvgIpc) is 2.84. The fourth-order valence-electron chi connectivity index (χ4n) is 3.48. The van der Waals surface area contributed by atoms with Crippen molar-refractivity contribution in [3.05, 3.63) is 35.9 Å². The summed E-state index contributed by atoms with van der Waals surface area (Å²) in [5, 5.41) is 3.83. The van der Waals surface area contributed by atoms with Gasteiger partial charge in [0.05, 0.1) is 0 Å². The molecule has 1 heterocycles. The van der Waals surface area contributed by atoms with Gasteiger partial charge in [-0.2, -0.15) is 0 Å². The van der Waals surface area contributed by atoms with Gasteiger partial charge in [0, 0.05) is 25.2 Å². The van der Waals surface area contributed by atoms with E-state index in [1.807, 2.05) is 0 Å². The van der Waals surface area contributed by atoms with Crippen LogP contribution in [0.15, 0.2) is 30.3 Å². The fraction of sp³-hybridized carbons (Fsp3) is 0.647. The van der Waals surface area contributed by atoms with Gasteiger partial charge in [-0.25, -0.2) is 0 Å². The minimum absolute atomic E-state index is 0.744. The van der Waals surface area contributed by atoms with Gasteiger partial charge < -0.3 is 10.2 Å². The maximum absolute atomic E-state index is 3.83. The maximum atomic E-state index is 3.83. The Morgan fingerprint density at radius 1 is 1.16 bits per heavy atom. The molecule has 3 rings (SSSR count). The molecular weight excluding hydrogens is 232 g/mol. The number of likely N-dealkylation sites (tertiary alicyclic amines) is 1. The van der Waals surface area contributed by atoms with E-state index in [1.165, 1.54) is 50.9 Å². The second kappa shape index (κ2) is 6.06. The molecule has 2 heteroatoms. The monoisotopic (exact) mass is 258 g/mol. The van der Waals surface area contributed by atoms with Gasteiger partial charge in [-0.05, 0) is 43.7 Å². The summed E-state index contributed by atoms with van der Waals surface area (Å²) in [7, 11) is 0. The molecule has 1 saturated heterocycles. The number of rotatable bonds is 5. The van der Waals surface area contributed by atoms with E-state index in [1.54, 1.807) is 0 Å². The van der Waals surface area contributed by atoms with Gasteiger partial charge in [-0.15, -0.1) is 0 Å². The highest BCUT2D eigenvalue weighted by atomic mass is 15.2. The van der Waals surface area contributed by atoms with Crippen molar-refractivity contribution < 1.29 is 0 Å². The lowest BCUT2D eigenvalue weighted by Gasteiger charge is -2.35. The zero-order valence-electron chi connectivity index (χ0n) is 12.0. The summed E-state index contributed by atoms with van der Waals surface area (Å²) in [6, 6.07) is 12.4. The van der Waals surface area contributed by atoms with Crippen LogP contribution in [0.25, 0.3) is 0 Å². The molecule has 2 nitrogen and oxygen atoms in total. The van der Waals surface area contributed by atoms with E-state index < -0.39 is 0 Å². The first-order valence-electron chi connectivity index (χ1n) is 7.82. The van der Waals surface area contributed by atoms with Crippen molar-refractivity contribution in [3.8, 4) is 0 Å². The summed E-state index contributed by atoms with van der Waals surface area (Å²) >= 11 is 0. The molecule has 1 aromatic rings. The van der Waals surface area contributed by atoms with Crippen LogP contribution in [0.1, 0.15) is 31.7 Å². The molecule has 2 aliphatic rings. The number of benzene rings is 1. The van der Waals surface area contributed by atoms with Crippen molar-refractivity contribution in [2.75, 3.05) is 19.6 Å². The first-order valence-corrected chi connectivity index (χ1v) is 7.82. The molecule has 1 atom stereocenters. The molecule has 1 unspecified atom stereocenters. The third-order valence-electron chi connectivity index (χ3n) is 4.68. The van der Waals surface area contributed by atoms with Crippen LogP contribution in [0.5, 0.6) is 0 Å². The third-order valence-corrected chi connectivity index (χ3v) is 4.68. The maximum Gasteiger partial charge on any atom is 0.0209 e. The standard InChI is InChI=1S/C17H26N2/c1-14-11-17(12-14)18-16-8-10-19(13-16)9-7-15-5-3-2-4-6-15/h2-6,14,16-18H,7-13H2,1H3. The second-order valence-electron chi connectivity index (χ2n) is 6.46. The summed E-state index contributed by atoms with van der Waals surface area (Å²) in [6.07, 6.45) is 5.30.